The number of methoxy groups -OCH3 is 1. The third-order valence-electron chi connectivity index (χ3n) is 23.7. The molecule has 20 nitrogen and oxygen atoms in total. The lowest BCUT2D eigenvalue weighted by Crippen LogP contribution is -2.40. The van der Waals surface area contributed by atoms with E-state index in [0.717, 1.165) is 102 Å². The second-order valence-electron chi connectivity index (χ2n) is 32.1. The third-order valence-corrected chi connectivity index (χ3v) is 25.5. The standard InChI is InChI=1S/C56H46N2O9S.C44H38N2O7/c1-35-9-27-46(28-10-35)68(63,64)47-29-23-43(24-30-47)65-42-21-15-39(16-22-42)58-53(60)49-32-26-45(34-51(49)55(58)62)67-41-19-13-37(14-20-41)56(2,3)36-11-17-40(18-12-36)66-44-25-31-48-50(33-44)54(61)57(52(48)59)38-7-5-4-6-8-38;1-44(2,27-9-15-32(16-10-27)52-34-21-23-36-38(25-34)42(49)45(40(36)47)29-7-5-4-6-8-29)28-11-17-33(18-12-28)53-35-22-24-37-39(26-35)43(50)46(41(37)48)30-13-19-31(51-3)20-14-30/h9-34,38H,4-8H2,1-3H3;9-26,29H,4-8H2,1-3H3. The first-order valence-electron chi connectivity index (χ1n) is 40.4. The molecule has 0 bridgehead atoms. The van der Waals surface area contributed by atoms with Crippen LogP contribution >= 0.6 is 0 Å². The number of hydrogen-bond donors (Lipinski definition) is 0. The molecule has 0 N–H and O–H groups in total. The van der Waals surface area contributed by atoms with Gasteiger partial charge in [0.2, 0.25) is 9.84 Å². The number of carbonyl (C=O) groups excluding carboxylic acids is 8. The molecule has 6 aliphatic rings. The molecule has 4 heterocycles. The molecule has 0 spiro atoms. The van der Waals surface area contributed by atoms with Crippen LogP contribution in [0.4, 0.5) is 11.4 Å². The molecule has 0 atom stereocenters. The summed E-state index contributed by atoms with van der Waals surface area (Å²) in [5.41, 5.74) is 8.01. The molecule has 12 aromatic carbocycles. The predicted molar refractivity (Wildman–Crippen MR) is 456 cm³/mol. The van der Waals surface area contributed by atoms with Crippen LogP contribution in [0.1, 0.15) is 203 Å². The first kappa shape index (κ1) is 79.4. The van der Waals surface area contributed by atoms with Gasteiger partial charge in [0.05, 0.1) is 72.8 Å². The highest BCUT2D eigenvalue weighted by atomic mass is 32.2. The number of nitrogens with zero attached hydrogens (tertiary/aromatic N) is 4. The van der Waals surface area contributed by atoms with Crippen molar-refractivity contribution in [1.29, 1.82) is 0 Å². The zero-order chi connectivity index (χ0) is 84.2. The molecule has 2 aliphatic carbocycles. The van der Waals surface area contributed by atoms with Crippen LogP contribution < -0.4 is 38.2 Å². The van der Waals surface area contributed by atoms with Crippen LogP contribution in [0.5, 0.6) is 63.2 Å². The normalized spacial score (nSPS) is 15.4. The van der Waals surface area contributed by atoms with E-state index in [9.17, 15) is 46.8 Å². The van der Waals surface area contributed by atoms with Gasteiger partial charge >= 0.3 is 0 Å². The van der Waals surface area contributed by atoms with Gasteiger partial charge in [-0.15, -0.1) is 0 Å². The molecule has 12 aromatic rings. The highest BCUT2D eigenvalue weighted by molar-refractivity contribution is 7.91. The Morgan fingerprint density at radius 1 is 0.273 bits per heavy atom. The van der Waals surface area contributed by atoms with Gasteiger partial charge in [-0.05, 0) is 261 Å². The molecule has 606 valence electrons. The molecule has 0 aromatic heterocycles. The van der Waals surface area contributed by atoms with Gasteiger partial charge in [-0.25, -0.2) is 18.2 Å². The molecular weight excluding hydrogens is 1550 g/mol. The molecule has 8 amide bonds. The molecule has 18 rings (SSSR count). The summed E-state index contributed by atoms with van der Waals surface area (Å²) in [4.78, 5) is 112. The molecule has 4 aliphatic heterocycles. The van der Waals surface area contributed by atoms with Gasteiger partial charge in [0, 0.05) is 22.9 Å². The smallest absolute Gasteiger partial charge is 0.266 e. The van der Waals surface area contributed by atoms with E-state index in [4.69, 9.17) is 28.4 Å². The number of anilines is 2. The summed E-state index contributed by atoms with van der Waals surface area (Å²) in [7, 11) is -2.13. The molecule has 2 fully saturated rings. The van der Waals surface area contributed by atoms with Crippen molar-refractivity contribution < 1.29 is 75.2 Å². The lowest BCUT2D eigenvalue weighted by molar-refractivity contribution is 0.0533. The van der Waals surface area contributed by atoms with E-state index in [1.807, 2.05) is 104 Å². The van der Waals surface area contributed by atoms with Gasteiger partial charge in [-0.3, -0.25) is 48.2 Å². The van der Waals surface area contributed by atoms with Crippen LogP contribution in [0.25, 0.3) is 0 Å². The van der Waals surface area contributed by atoms with Crippen molar-refractivity contribution in [3.8, 4) is 63.2 Å². The molecule has 121 heavy (non-hydrogen) atoms. The molecule has 0 radical (unpaired) electrons. The summed E-state index contributed by atoms with van der Waals surface area (Å²) >= 11 is 0. The predicted octanol–water partition coefficient (Wildman–Crippen LogP) is 21.6. The summed E-state index contributed by atoms with van der Waals surface area (Å²) in [6.45, 7) is 10.4. The van der Waals surface area contributed by atoms with Gasteiger partial charge in [-0.2, -0.15) is 0 Å². The molecule has 0 unspecified atom stereocenters. The number of imide groups is 4. The van der Waals surface area contributed by atoms with Crippen LogP contribution in [0, 0.1) is 6.92 Å². The maximum Gasteiger partial charge on any atom is 0.266 e. The molecule has 21 heteroatoms. The Labute approximate surface area is 700 Å². The Morgan fingerprint density at radius 3 is 0.810 bits per heavy atom. The van der Waals surface area contributed by atoms with Crippen molar-refractivity contribution in [1.82, 2.24) is 9.80 Å². The highest BCUT2D eigenvalue weighted by Gasteiger charge is 2.44. The first-order chi connectivity index (χ1) is 58.4. The lowest BCUT2D eigenvalue weighted by Gasteiger charge is -2.29. The van der Waals surface area contributed by atoms with Crippen LogP contribution in [0.3, 0.4) is 0 Å². The SMILES string of the molecule is COc1ccc(N2C(=O)c3ccc(Oc4ccc(C(C)(C)c5ccc(Oc6ccc7c(c6)C(=O)N(C6CCCCC6)C7=O)cc5)cc4)cc3C2=O)cc1.Cc1ccc(S(=O)(=O)c2ccc(Oc3ccc(N4C(=O)c5ccc(Oc6ccc(C(C)(C)c7ccc(Oc8ccc9c(c8)C(=O)N(C8CCCCC8)C9=O)cc7)cc6)cc5C4=O)cc3)cc2)cc1. The topological polar surface area (TPSA) is 239 Å². The van der Waals surface area contributed by atoms with Crippen LogP contribution in [-0.2, 0) is 20.7 Å². The summed E-state index contributed by atoms with van der Waals surface area (Å²) in [6.07, 6.45) is 9.84. The van der Waals surface area contributed by atoms with Crippen molar-refractivity contribution in [3.05, 3.63) is 339 Å². The Bertz CT molecular complexity index is 6240. The summed E-state index contributed by atoms with van der Waals surface area (Å²) in [5, 5.41) is 0. The Balaban J connectivity index is 0.000000178. The van der Waals surface area contributed by atoms with E-state index in [1.165, 1.54) is 21.9 Å². The number of ether oxygens (including phenoxy) is 6. The van der Waals surface area contributed by atoms with Crippen LogP contribution in [0.2, 0.25) is 0 Å². The van der Waals surface area contributed by atoms with Crippen molar-refractivity contribution in [2.45, 2.75) is 132 Å². The number of carbonyl (C=O) groups is 8. The maximum absolute atomic E-state index is 13.7. The fourth-order valence-corrected chi connectivity index (χ4v) is 17.9. The van der Waals surface area contributed by atoms with Crippen molar-refractivity contribution in [3.63, 3.8) is 0 Å². The minimum Gasteiger partial charge on any atom is -0.497 e. The quantitative estimate of drug-likeness (QED) is 0.0608. The van der Waals surface area contributed by atoms with Crippen molar-refractivity contribution in [2.75, 3.05) is 16.9 Å². The minimum absolute atomic E-state index is 0.0247. The average Bonchev–Trinajstić information content (AvgIpc) is 1.54. The van der Waals surface area contributed by atoms with Gasteiger partial charge in [0.15, 0.2) is 0 Å². The van der Waals surface area contributed by atoms with E-state index >= 15 is 0 Å². The van der Waals surface area contributed by atoms with E-state index in [2.05, 4.69) is 27.7 Å². The summed E-state index contributed by atoms with van der Waals surface area (Å²) in [6, 6.07) is 77.1. The number of sulfone groups is 1. The van der Waals surface area contributed by atoms with Gasteiger partial charge < -0.3 is 28.4 Å². The number of hydrogen-bond acceptors (Lipinski definition) is 16. The van der Waals surface area contributed by atoms with Crippen molar-refractivity contribution in [2.24, 2.45) is 0 Å². The second kappa shape index (κ2) is 32.3. The highest BCUT2D eigenvalue weighted by Crippen LogP contribution is 2.43. The number of rotatable bonds is 21. The number of fused-ring (bicyclic) bond motifs is 4. The number of amides is 8. The largest absolute Gasteiger partial charge is 0.497 e. The third kappa shape index (κ3) is 15.5. The summed E-state index contributed by atoms with van der Waals surface area (Å²) in [5.74, 6) is 3.07. The Morgan fingerprint density at radius 2 is 0.504 bits per heavy atom. The number of benzene rings is 12. The van der Waals surface area contributed by atoms with Crippen LogP contribution in [0.15, 0.2) is 277 Å². The van der Waals surface area contributed by atoms with Gasteiger partial charge in [0.1, 0.15) is 63.2 Å². The fourth-order valence-electron chi connectivity index (χ4n) is 16.7. The number of aryl methyl sites for hydroxylation is 1. The maximum atomic E-state index is 13.7. The van der Waals surface area contributed by atoms with E-state index < -0.39 is 33.0 Å². The van der Waals surface area contributed by atoms with E-state index in [1.54, 1.807) is 165 Å². The monoisotopic (exact) mass is 1630 g/mol. The van der Waals surface area contributed by atoms with E-state index in [-0.39, 0.29) is 73.5 Å². The molecule has 2 saturated carbocycles. The zero-order valence-corrected chi connectivity index (χ0v) is 68.2. The lowest BCUT2D eigenvalue weighted by atomic mass is 9.78. The van der Waals surface area contributed by atoms with E-state index in [0.29, 0.717) is 102 Å². The first-order valence-corrected chi connectivity index (χ1v) is 41.9. The van der Waals surface area contributed by atoms with Gasteiger partial charge in [-0.1, -0.05) is 132 Å². The fraction of sp³-hybridized carbons (Fsp3) is 0.200. The van der Waals surface area contributed by atoms with Gasteiger partial charge in [0.25, 0.3) is 47.3 Å². The second-order valence-corrected chi connectivity index (χ2v) is 34.1. The minimum atomic E-state index is -3.69. The molecule has 0 saturated heterocycles. The average molecular weight is 1630 g/mol. The Hall–Kier alpha value is -14.1. The summed E-state index contributed by atoms with van der Waals surface area (Å²) < 4.78 is 61.9. The molecular formula is C100H84N4O16S. The Kier molecular flexibility index (Phi) is 21.2. The van der Waals surface area contributed by atoms with Crippen LogP contribution in [-0.4, -0.2) is 84.7 Å². The van der Waals surface area contributed by atoms with Crippen molar-refractivity contribution >= 4 is 68.5 Å². The zero-order valence-electron chi connectivity index (χ0n) is 67.4.